The van der Waals surface area contributed by atoms with Gasteiger partial charge in [0.05, 0.1) is 37.7 Å². The Bertz CT molecular complexity index is 1180. The Labute approximate surface area is 215 Å². The van der Waals surface area contributed by atoms with E-state index in [1.165, 1.54) is 0 Å². The number of ketones is 1. The van der Waals surface area contributed by atoms with Gasteiger partial charge in [0.25, 0.3) is 5.91 Å². The predicted octanol–water partition coefficient (Wildman–Crippen LogP) is 4.45. The zero-order valence-corrected chi connectivity index (χ0v) is 21.2. The number of carbonyl (C=O) groups is 2. The van der Waals surface area contributed by atoms with E-state index in [2.05, 4.69) is 9.89 Å². The molecule has 0 bridgehead atoms. The predicted molar refractivity (Wildman–Crippen MR) is 138 cm³/mol. The molecule has 2 aliphatic rings. The van der Waals surface area contributed by atoms with Gasteiger partial charge in [-0.05, 0) is 62.2 Å². The van der Waals surface area contributed by atoms with E-state index in [0.29, 0.717) is 60.4 Å². The SMILES string of the molecule is CCOc1ccc(C2C(C(=O)c3ccc(Cl)cc3)=C(O)C(=O)N2CCCN2C=NCC2)cc1OCC. The first-order chi connectivity index (χ1) is 17.4. The summed E-state index contributed by atoms with van der Waals surface area (Å²) in [7, 11) is 0. The lowest BCUT2D eigenvalue weighted by Crippen LogP contribution is -2.34. The maximum absolute atomic E-state index is 13.6. The van der Waals surface area contributed by atoms with Crippen LogP contribution < -0.4 is 9.47 Å². The van der Waals surface area contributed by atoms with E-state index >= 15 is 0 Å². The molecule has 2 aromatic carbocycles. The summed E-state index contributed by atoms with van der Waals surface area (Å²) in [6.07, 6.45) is 2.47. The number of aliphatic hydroxyl groups is 1. The molecule has 0 aliphatic carbocycles. The Hall–Kier alpha value is -3.52. The molecule has 0 fully saturated rings. The van der Waals surface area contributed by atoms with E-state index in [-0.39, 0.29) is 5.57 Å². The van der Waals surface area contributed by atoms with Crippen molar-refractivity contribution in [1.29, 1.82) is 0 Å². The highest BCUT2D eigenvalue weighted by Crippen LogP contribution is 2.42. The second kappa shape index (κ2) is 11.5. The lowest BCUT2D eigenvalue weighted by Gasteiger charge is -2.28. The van der Waals surface area contributed by atoms with Crippen LogP contribution in [0.15, 0.2) is 58.8 Å². The molecular weight excluding hydrogens is 482 g/mol. The second-order valence-electron chi connectivity index (χ2n) is 8.48. The van der Waals surface area contributed by atoms with Crippen LogP contribution in [0.2, 0.25) is 5.02 Å². The molecule has 36 heavy (non-hydrogen) atoms. The number of carbonyl (C=O) groups excluding carboxylic acids is 2. The molecule has 2 aromatic rings. The summed E-state index contributed by atoms with van der Waals surface area (Å²) in [4.78, 5) is 34.7. The third kappa shape index (κ3) is 5.33. The average Bonchev–Trinajstić information content (AvgIpc) is 3.48. The first-order valence-corrected chi connectivity index (χ1v) is 12.5. The molecule has 2 aliphatic heterocycles. The highest BCUT2D eigenvalue weighted by Gasteiger charge is 2.43. The third-order valence-corrected chi connectivity index (χ3v) is 6.40. The highest BCUT2D eigenvalue weighted by molar-refractivity contribution is 6.30. The van der Waals surface area contributed by atoms with Crippen molar-refractivity contribution in [3.05, 3.63) is 69.9 Å². The van der Waals surface area contributed by atoms with E-state index in [0.717, 1.165) is 13.1 Å². The second-order valence-corrected chi connectivity index (χ2v) is 8.92. The van der Waals surface area contributed by atoms with Gasteiger partial charge < -0.3 is 24.4 Å². The Morgan fingerprint density at radius 3 is 2.47 bits per heavy atom. The Morgan fingerprint density at radius 2 is 1.81 bits per heavy atom. The third-order valence-electron chi connectivity index (χ3n) is 6.14. The van der Waals surface area contributed by atoms with Crippen molar-refractivity contribution in [3.8, 4) is 11.5 Å². The van der Waals surface area contributed by atoms with E-state index < -0.39 is 23.5 Å². The van der Waals surface area contributed by atoms with Crippen LogP contribution in [0.5, 0.6) is 11.5 Å². The molecule has 0 spiro atoms. The number of hydrogen-bond acceptors (Lipinski definition) is 7. The Kier molecular flexibility index (Phi) is 8.15. The van der Waals surface area contributed by atoms with E-state index in [1.54, 1.807) is 47.4 Å². The summed E-state index contributed by atoms with van der Waals surface area (Å²) >= 11 is 6.00. The first kappa shape index (κ1) is 25.6. The molecule has 0 saturated heterocycles. The monoisotopic (exact) mass is 511 g/mol. The summed E-state index contributed by atoms with van der Waals surface area (Å²) in [5.41, 5.74) is 1.03. The van der Waals surface area contributed by atoms with E-state index in [1.807, 2.05) is 20.2 Å². The van der Waals surface area contributed by atoms with Crippen molar-refractivity contribution >= 4 is 29.6 Å². The van der Waals surface area contributed by atoms with E-state index in [9.17, 15) is 14.7 Å². The van der Waals surface area contributed by atoms with Crippen LogP contribution in [-0.4, -0.2) is 72.3 Å². The molecule has 4 rings (SSSR count). The minimum atomic E-state index is -0.775. The lowest BCUT2D eigenvalue weighted by atomic mass is 9.92. The average molecular weight is 512 g/mol. The van der Waals surface area contributed by atoms with Gasteiger partial charge in [-0.1, -0.05) is 17.7 Å². The number of halogens is 1. The lowest BCUT2D eigenvalue weighted by molar-refractivity contribution is -0.129. The van der Waals surface area contributed by atoms with Crippen LogP contribution in [0.25, 0.3) is 0 Å². The van der Waals surface area contributed by atoms with Crippen molar-refractivity contribution in [2.24, 2.45) is 4.99 Å². The quantitative estimate of drug-likeness (QED) is 0.448. The molecule has 1 amide bonds. The summed E-state index contributed by atoms with van der Waals surface area (Å²) in [5.74, 6) is -0.439. The molecule has 1 N–H and O–H groups in total. The number of hydrogen-bond donors (Lipinski definition) is 1. The van der Waals surface area contributed by atoms with Gasteiger partial charge in [0.15, 0.2) is 23.0 Å². The van der Waals surface area contributed by atoms with Gasteiger partial charge in [-0.15, -0.1) is 0 Å². The number of nitrogens with zero attached hydrogens (tertiary/aromatic N) is 3. The number of rotatable bonds is 11. The molecule has 1 atom stereocenters. The van der Waals surface area contributed by atoms with Crippen molar-refractivity contribution in [1.82, 2.24) is 9.80 Å². The van der Waals surface area contributed by atoms with E-state index in [4.69, 9.17) is 21.1 Å². The topological polar surface area (TPSA) is 91.7 Å². The minimum Gasteiger partial charge on any atom is -0.503 e. The standard InChI is InChI=1S/C27H30ClN3O5/c1-3-35-21-11-8-19(16-22(21)36-4-2)24-23(25(32)18-6-9-20(28)10-7-18)26(33)27(34)31(24)14-5-13-30-15-12-29-17-30/h6-11,16-17,24,33H,3-5,12-15H2,1-2H3. The molecular formula is C27H30ClN3O5. The van der Waals surface area contributed by atoms with Crippen molar-refractivity contribution in [2.75, 3.05) is 39.4 Å². The fraction of sp³-hybridized carbons (Fsp3) is 0.370. The number of amides is 1. The minimum absolute atomic E-state index is 0.0386. The van der Waals surface area contributed by atoms with Gasteiger partial charge in [-0.2, -0.15) is 0 Å². The molecule has 190 valence electrons. The number of benzene rings is 2. The Balaban J connectivity index is 1.71. The normalized spacial score (nSPS) is 17.3. The maximum Gasteiger partial charge on any atom is 0.290 e. The molecule has 8 nitrogen and oxygen atoms in total. The van der Waals surface area contributed by atoms with Gasteiger partial charge in [0, 0.05) is 30.2 Å². The van der Waals surface area contributed by atoms with Gasteiger partial charge in [-0.3, -0.25) is 14.6 Å². The van der Waals surface area contributed by atoms with Crippen LogP contribution >= 0.6 is 11.6 Å². The molecule has 2 heterocycles. The molecule has 0 saturated carbocycles. The summed E-state index contributed by atoms with van der Waals surface area (Å²) in [5, 5.41) is 11.4. The fourth-order valence-corrected chi connectivity index (χ4v) is 4.61. The molecule has 0 radical (unpaired) electrons. The zero-order chi connectivity index (χ0) is 25.7. The smallest absolute Gasteiger partial charge is 0.290 e. The van der Waals surface area contributed by atoms with Gasteiger partial charge in [0.2, 0.25) is 0 Å². The number of Topliss-reactive ketones (excluding diaryl/α,β-unsaturated/α-hetero) is 1. The van der Waals surface area contributed by atoms with Crippen LogP contribution in [0.1, 0.15) is 42.2 Å². The number of ether oxygens (including phenoxy) is 2. The first-order valence-electron chi connectivity index (χ1n) is 12.1. The van der Waals surface area contributed by atoms with Gasteiger partial charge in [0.1, 0.15) is 0 Å². The van der Waals surface area contributed by atoms with Crippen molar-refractivity contribution in [2.45, 2.75) is 26.3 Å². The molecule has 9 heteroatoms. The van der Waals surface area contributed by atoms with Gasteiger partial charge in [-0.25, -0.2) is 0 Å². The number of aliphatic hydroxyl groups excluding tert-OH is 1. The van der Waals surface area contributed by atoms with Crippen LogP contribution in [0, 0.1) is 0 Å². The summed E-state index contributed by atoms with van der Waals surface area (Å²) in [6, 6.07) is 11.0. The Morgan fingerprint density at radius 1 is 1.08 bits per heavy atom. The number of aliphatic imine (C=N–C) groups is 1. The summed E-state index contributed by atoms with van der Waals surface area (Å²) in [6.45, 7) is 7.32. The van der Waals surface area contributed by atoms with Gasteiger partial charge >= 0.3 is 0 Å². The maximum atomic E-state index is 13.6. The summed E-state index contributed by atoms with van der Waals surface area (Å²) < 4.78 is 11.5. The van der Waals surface area contributed by atoms with Crippen LogP contribution in [-0.2, 0) is 4.79 Å². The molecule has 0 aromatic heterocycles. The largest absolute Gasteiger partial charge is 0.503 e. The zero-order valence-electron chi connectivity index (χ0n) is 20.4. The van der Waals surface area contributed by atoms with Crippen LogP contribution in [0.3, 0.4) is 0 Å². The highest BCUT2D eigenvalue weighted by atomic mass is 35.5. The van der Waals surface area contributed by atoms with Crippen molar-refractivity contribution < 1.29 is 24.2 Å². The van der Waals surface area contributed by atoms with Crippen molar-refractivity contribution in [3.63, 3.8) is 0 Å². The van der Waals surface area contributed by atoms with Crippen LogP contribution in [0.4, 0.5) is 0 Å². The molecule has 1 unspecified atom stereocenters. The fourth-order valence-electron chi connectivity index (χ4n) is 4.49.